The first-order valence-corrected chi connectivity index (χ1v) is 11.3. The summed E-state index contributed by atoms with van der Waals surface area (Å²) in [4.78, 5) is 28.2. The minimum atomic E-state index is -0.606. The number of anilines is 1. The average molecular weight is 438 g/mol. The van der Waals surface area contributed by atoms with Crippen LogP contribution >= 0.6 is 0 Å². The Bertz CT molecular complexity index is 1420. The first kappa shape index (κ1) is 21.2. The molecule has 33 heavy (non-hydrogen) atoms. The molecule has 0 N–H and O–H groups in total. The van der Waals surface area contributed by atoms with Crippen molar-refractivity contribution >= 4 is 22.4 Å². The summed E-state index contributed by atoms with van der Waals surface area (Å²) in [6, 6.07) is 23.0. The third-order valence-electron chi connectivity index (χ3n) is 6.99. The van der Waals surface area contributed by atoms with Gasteiger partial charge in [0.1, 0.15) is 11.1 Å². The molecule has 0 unspecified atom stereocenters. The molecule has 0 spiro atoms. The number of nitrogens with zero attached hydrogens (tertiary/aromatic N) is 1. The Morgan fingerprint density at radius 2 is 1.64 bits per heavy atom. The summed E-state index contributed by atoms with van der Waals surface area (Å²) in [6.07, 6.45) is 1.03. The van der Waals surface area contributed by atoms with E-state index in [0.717, 1.165) is 28.6 Å². The number of ketones is 1. The van der Waals surface area contributed by atoms with E-state index in [1.165, 1.54) is 5.56 Å². The van der Waals surface area contributed by atoms with E-state index >= 15 is 0 Å². The number of fused-ring (bicyclic) bond motifs is 2. The van der Waals surface area contributed by atoms with Gasteiger partial charge in [0, 0.05) is 35.3 Å². The Kier molecular flexibility index (Phi) is 4.97. The highest BCUT2D eigenvalue weighted by atomic mass is 16.4. The minimum Gasteiger partial charge on any atom is -0.422 e. The van der Waals surface area contributed by atoms with Crippen molar-refractivity contribution in [1.82, 2.24) is 0 Å². The van der Waals surface area contributed by atoms with Gasteiger partial charge in [-0.05, 0) is 55.0 Å². The Hall–Kier alpha value is -3.66. The van der Waals surface area contributed by atoms with Crippen LogP contribution in [0.4, 0.5) is 5.69 Å². The van der Waals surface area contributed by atoms with Gasteiger partial charge in [-0.1, -0.05) is 61.5 Å². The third-order valence-corrected chi connectivity index (χ3v) is 6.99. The highest BCUT2D eigenvalue weighted by molar-refractivity contribution is 6.10. The summed E-state index contributed by atoms with van der Waals surface area (Å²) < 4.78 is 5.64. The molecule has 2 heterocycles. The van der Waals surface area contributed by atoms with Gasteiger partial charge in [-0.3, -0.25) is 4.79 Å². The Morgan fingerprint density at radius 3 is 2.33 bits per heavy atom. The number of benzene rings is 3. The normalized spacial score (nSPS) is 17.1. The molecule has 0 bridgehead atoms. The second-order valence-corrected chi connectivity index (χ2v) is 9.65. The van der Waals surface area contributed by atoms with Crippen LogP contribution in [-0.2, 0) is 0 Å². The van der Waals surface area contributed by atoms with Crippen LogP contribution in [-0.4, -0.2) is 18.4 Å². The smallest absolute Gasteiger partial charge is 0.347 e. The van der Waals surface area contributed by atoms with Crippen LogP contribution in [0.5, 0.6) is 0 Å². The SMILES string of the molecule is C[C@@H]1CC(C)(C)N(C)c2cc3oc(=O)c(C(=O)c4ccc(-c5ccccc5)cc4)cc3cc21. The lowest BCUT2D eigenvalue weighted by Gasteiger charge is -2.45. The largest absolute Gasteiger partial charge is 0.422 e. The van der Waals surface area contributed by atoms with E-state index in [4.69, 9.17) is 4.42 Å². The van der Waals surface area contributed by atoms with Gasteiger partial charge in [-0.25, -0.2) is 4.79 Å². The molecule has 1 aliphatic rings. The first-order valence-electron chi connectivity index (χ1n) is 11.3. The van der Waals surface area contributed by atoms with Gasteiger partial charge in [-0.15, -0.1) is 0 Å². The van der Waals surface area contributed by atoms with Crippen LogP contribution in [0.25, 0.3) is 22.1 Å². The molecule has 0 aliphatic carbocycles. The molecule has 0 saturated heterocycles. The van der Waals surface area contributed by atoms with E-state index < -0.39 is 5.63 Å². The number of carbonyl (C=O) groups is 1. The van der Waals surface area contributed by atoms with Crippen molar-refractivity contribution < 1.29 is 9.21 Å². The van der Waals surface area contributed by atoms with E-state index in [0.29, 0.717) is 17.1 Å². The second kappa shape index (κ2) is 7.73. The fraction of sp³-hybridized carbons (Fsp3) is 0.241. The van der Waals surface area contributed by atoms with Gasteiger partial charge in [0.15, 0.2) is 5.78 Å². The maximum Gasteiger partial charge on any atom is 0.347 e. The predicted octanol–water partition coefficient (Wildman–Crippen LogP) is 6.41. The molecule has 4 heteroatoms. The van der Waals surface area contributed by atoms with Gasteiger partial charge in [0.05, 0.1) is 0 Å². The lowest BCUT2D eigenvalue weighted by atomic mass is 9.80. The Morgan fingerprint density at radius 1 is 0.970 bits per heavy atom. The summed E-state index contributed by atoms with van der Waals surface area (Å²) in [5.74, 6) is 0.0430. The molecule has 1 aliphatic heterocycles. The molecule has 166 valence electrons. The van der Waals surface area contributed by atoms with E-state index in [-0.39, 0.29) is 16.9 Å². The van der Waals surface area contributed by atoms with Crippen molar-refractivity contribution in [2.45, 2.75) is 38.6 Å². The summed E-state index contributed by atoms with van der Waals surface area (Å²) in [6.45, 7) is 6.66. The molecular weight excluding hydrogens is 410 g/mol. The van der Waals surface area contributed by atoms with Crippen molar-refractivity contribution in [3.05, 3.63) is 99.9 Å². The molecule has 5 rings (SSSR count). The lowest BCUT2D eigenvalue weighted by Crippen LogP contribution is -2.45. The molecule has 4 nitrogen and oxygen atoms in total. The van der Waals surface area contributed by atoms with Gasteiger partial charge in [0.25, 0.3) is 0 Å². The van der Waals surface area contributed by atoms with Gasteiger partial charge in [0.2, 0.25) is 0 Å². The van der Waals surface area contributed by atoms with Crippen molar-refractivity contribution in [3.63, 3.8) is 0 Å². The molecule has 1 aromatic heterocycles. The summed E-state index contributed by atoms with van der Waals surface area (Å²) in [7, 11) is 2.08. The summed E-state index contributed by atoms with van der Waals surface area (Å²) >= 11 is 0. The molecule has 0 radical (unpaired) electrons. The molecule has 0 saturated carbocycles. The molecule has 3 aromatic carbocycles. The standard InChI is InChI=1S/C29H27NO3/c1-18-17-29(2,3)30(4)25-16-26-22(14-23(18)25)15-24(28(32)33-26)27(31)21-12-10-20(11-13-21)19-8-6-5-7-9-19/h5-16,18H,17H2,1-4H3/t18-/m1/s1. The zero-order valence-corrected chi connectivity index (χ0v) is 19.4. The molecule has 0 amide bonds. The molecule has 0 fully saturated rings. The van der Waals surface area contributed by atoms with E-state index in [2.05, 4.69) is 38.8 Å². The molecule has 4 aromatic rings. The van der Waals surface area contributed by atoms with Gasteiger partial charge < -0.3 is 9.32 Å². The van der Waals surface area contributed by atoms with Crippen LogP contribution in [0.15, 0.2) is 82.0 Å². The summed E-state index contributed by atoms with van der Waals surface area (Å²) in [5, 5.41) is 0.776. The van der Waals surface area contributed by atoms with Crippen LogP contribution in [0.2, 0.25) is 0 Å². The molecular formula is C29H27NO3. The second-order valence-electron chi connectivity index (χ2n) is 9.65. The fourth-order valence-corrected chi connectivity index (χ4v) is 4.94. The average Bonchev–Trinajstić information content (AvgIpc) is 2.81. The van der Waals surface area contributed by atoms with Crippen molar-refractivity contribution in [3.8, 4) is 11.1 Å². The third kappa shape index (κ3) is 3.66. The highest BCUT2D eigenvalue weighted by Gasteiger charge is 2.34. The maximum absolute atomic E-state index is 13.2. The van der Waals surface area contributed by atoms with Crippen molar-refractivity contribution in [2.24, 2.45) is 0 Å². The topological polar surface area (TPSA) is 50.5 Å². The van der Waals surface area contributed by atoms with Gasteiger partial charge >= 0.3 is 5.63 Å². The van der Waals surface area contributed by atoms with Crippen LogP contribution in [0.3, 0.4) is 0 Å². The summed E-state index contributed by atoms with van der Waals surface area (Å²) in [5.41, 5.74) is 4.83. The van der Waals surface area contributed by atoms with Crippen LogP contribution < -0.4 is 10.5 Å². The van der Waals surface area contributed by atoms with Crippen LogP contribution in [0, 0.1) is 0 Å². The minimum absolute atomic E-state index is 0.0161. The zero-order valence-electron chi connectivity index (χ0n) is 19.4. The Labute approximate surface area is 193 Å². The number of hydrogen-bond acceptors (Lipinski definition) is 4. The lowest BCUT2D eigenvalue weighted by molar-refractivity contribution is 0.103. The quantitative estimate of drug-likeness (QED) is 0.274. The van der Waals surface area contributed by atoms with Gasteiger partial charge in [-0.2, -0.15) is 0 Å². The predicted molar refractivity (Wildman–Crippen MR) is 133 cm³/mol. The number of carbonyl (C=O) groups excluding carboxylic acids is 1. The fourth-order valence-electron chi connectivity index (χ4n) is 4.94. The Balaban J connectivity index is 1.54. The van der Waals surface area contributed by atoms with Crippen molar-refractivity contribution in [2.75, 3.05) is 11.9 Å². The zero-order chi connectivity index (χ0) is 23.3. The van der Waals surface area contributed by atoms with Crippen LogP contribution in [0.1, 0.15) is 54.6 Å². The number of rotatable bonds is 3. The first-order chi connectivity index (χ1) is 15.7. The maximum atomic E-state index is 13.2. The number of hydrogen-bond donors (Lipinski definition) is 0. The highest BCUT2D eigenvalue weighted by Crippen LogP contribution is 2.43. The van der Waals surface area contributed by atoms with E-state index in [1.807, 2.05) is 48.5 Å². The molecule has 1 atom stereocenters. The monoisotopic (exact) mass is 437 g/mol. The van der Waals surface area contributed by atoms with E-state index in [1.54, 1.807) is 18.2 Å². The van der Waals surface area contributed by atoms with Crippen molar-refractivity contribution in [1.29, 1.82) is 0 Å². The van der Waals surface area contributed by atoms with E-state index in [9.17, 15) is 9.59 Å².